The number of rotatable bonds is 1. The van der Waals surface area contributed by atoms with Crippen molar-refractivity contribution >= 4 is 16.7 Å². The molecule has 0 radical (unpaired) electrons. The van der Waals surface area contributed by atoms with Gasteiger partial charge in [0.2, 0.25) is 0 Å². The van der Waals surface area contributed by atoms with Crippen molar-refractivity contribution in [1.82, 2.24) is 0 Å². The van der Waals surface area contributed by atoms with Crippen LogP contribution in [0.1, 0.15) is 19.4 Å². The molecule has 0 atom stereocenters. The molecule has 0 spiro atoms. The SMILES string of the molecule is CC.Cc1cc(N)cc2cc(-c3ccccc3)oc12. The molecule has 2 nitrogen and oxygen atoms in total. The highest BCUT2D eigenvalue weighted by Gasteiger charge is 2.08. The van der Waals surface area contributed by atoms with Gasteiger partial charge in [-0.2, -0.15) is 0 Å². The van der Waals surface area contributed by atoms with E-state index in [4.69, 9.17) is 10.2 Å². The first-order valence-corrected chi connectivity index (χ1v) is 6.59. The van der Waals surface area contributed by atoms with E-state index < -0.39 is 0 Å². The van der Waals surface area contributed by atoms with Gasteiger partial charge in [-0.05, 0) is 30.7 Å². The van der Waals surface area contributed by atoms with Gasteiger partial charge in [-0.3, -0.25) is 0 Å². The van der Waals surface area contributed by atoms with Gasteiger partial charge in [0.15, 0.2) is 0 Å². The summed E-state index contributed by atoms with van der Waals surface area (Å²) in [6.45, 7) is 6.01. The summed E-state index contributed by atoms with van der Waals surface area (Å²) in [5, 5.41) is 1.06. The third-order valence-corrected chi connectivity index (χ3v) is 2.88. The number of aryl methyl sites for hydroxylation is 1. The first-order valence-electron chi connectivity index (χ1n) is 6.59. The summed E-state index contributed by atoms with van der Waals surface area (Å²) in [5.74, 6) is 0.884. The van der Waals surface area contributed by atoms with Crippen LogP contribution in [0.25, 0.3) is 22.3 Å². The average Bonchev–Trinajstić information content (AvgIpc) is 2.86. The highest BCUT2D eigenvalue weighted by Crippen LogP contribution is 2.30. The van der Waals surface area contributed by atoms with E-state index in [1.165, 1.54) is 0 Å². The zero-order valence-corrected chi connectivity index (χ0v) is 11.6. The minimum Gasteiger partial charge on any atom is -0.456 e. The van der Waals surface area contributed by atoms with Crippen LogP contribution in [0.3, 0.4) is 0 Å². The first-order chi connectivity index (χ1) is 9.24. The monoisotopic (exact) mass is 253 g/mol. The lowest BCUT2D eigenvalue weighted by molar-refractivity contribution is 0.629. The van der Waals surface area contributed by atoms with Gasteiger partial charge in [0.25, 0.3) is 0 Å². The Kier molecular flexibility index (Phi) is 3.91. The Morgan fingerprint density at radius 2 is 1.63 bits per heavy atom. The summed E-state index contributed by atoms with van der Waals surface area (Å²) >= 11 is 0. The zero-order valence-electron chi connectivity index (χ0n) is 11.6. The van der Waals surface area contributed by atoms with Crippen LogP contribution in [0.4, 0.5) is 5.69 Å². The average molecular weight is 253 g/mol. The molecule has 0 aliphatic heterocycles. The second kappa shape index (κ2) is 5.61. The zero-order chi connectivity index (χ0) is 13.8. The van der Waals surface area contributed by atoms with Crippen LogP contribution in [0, 0.1) is 6.92 Å². The molecule has 0 fully saturated rings. The maximum Gasteiger partial charge on any atom is 0.137 e. The summed E-state index contributed by atoms with van der Waals surface area (Å²) in [6, 6.07) is 16.0. The molecule has 0 saturated carbocycles. The molecule has 0 aliphatic carbocycles. The van der Waals surface area contributed by atoms with E-state index in [0.29, 0.717) is 0 Å². The topological polar surface area (TPSA) is 39.2 Å². The smallest absolute Gasteiger partial charge is 0.137 e. The normalized spacial score (nSPS) is 10.1. The van der Waals surface area contributed by atoms with Gasteiger partial charge >= 0.3 is 0 Å². The molecule has 1 heterocycles. The molecule has 2 aromatic carbocycles. The van der Waals surface area contributed by atoms with Crippen molar-refractivity contribution in [2.45, 2.75) is 20.8 Å². The standard InChI is InChI=1S/C15H13NO.C2H6/c1-10-7-13(16)8-12-9-14(17-15(10)12)11-5-3-2-4-6-11;1-2/h2-9H,16H2,1H3;1-2H3. The third kappa shape index (κ3) is 2.63. The molecule has 0 bridgehead atoms. The molecular weight excluding hydrogens is 234 g/mol. The summed E-state index contributed by atoms with van der Waals surface area (Å²) in [6.07, 6.45) is 0. The number of nitrogen functional groups attached to an aromatic ring is 1. The van der Waals surface area contributed by atoms with Crippen molar-refractivity contribution in [2.24, 2.45) is 0 Å². The molecule has 0 amide bonds. The minimum absolute atomic E-state index is 0.774. The molecule has 2 heteroatoms. The number of hydrogen-bond acceptors (Lipinski definition) is 2. The Morgan fingerprint density at radius 3 is 2.32 bits per heavy atom. The van der Waals surface area contributed by atoms with Crippen molar-refractivity contribution in [1.29, 1.82) is 0 Å². The van der Waals surface area contributed by atoms with Crippen LogP contribution >= 0.6 is 0 Å². The van der Waals surface area contributed by atoms with E-state index in [1.807, 2.05) is 69.3 Å². The van der Waals surface area contributed by atoms with Crippen LogP contribution in [-0.2, 0) is 0 Å². The van der Waals surface area contributed by atoms with Crippen molar-refractivity contribution in [2.75, 3.05) is 5.73 Å². The second-order valence-electron chi connectivity index (χ2n) is 4.23. The van der Waals surface area contributed by atoms with Crippen LogP contribution in [0.5, 0.6) is 0 Å². The molecule has 0 saturated heterocycles. The predicted octanol–water partition coefficient (Wildman–Crippen LogP) is 5.02. The minimum atomic E-state index is 0.774. The van der Waals surface area contributed by atoms with Crippen LogP contribution < -0.4 is 5.73 Å². The molecule has 2 N–H and O–H groups in total. The van der Waals surface area contributed by atoms with E-state index in [2.05, 4.69) is 0 Å². The number of fused-ring (bicyclic) bond motifs is 1. The van der Waals surface area contributed by atoms with Crippen LogP contribution in [0.15, 0.2) is 52.9 Å². The number of furan rings is 1. The van der Waals surface area contributed by atoms with Gasteiger partial charge in [0, 0.05) is 16.6 Å². The molecule has 98 valence electrons. The Hall–Kier alpha value is -2.22. The first kappa shape index (κ1) is 13.2. The fourth-order valence-electron chi connectivity index (χ4n) is 2.10. The second-order valence-corrected chi connectivity index (χ2v) is 4.23. The molecule has 0 aliphatic rings. The lowest BCUT2D eigenvalue weighted by atomic mass is 10.1. The lowest BCUT2D eigenvalue weighted by Crippen LogP contribution is -1.84. The summed E-state index contributed by atoms with van der Waals surface area (Å²) in [5.41, 5.74) is 9.68. The lowest BCUT2D eigenvalue weighted by Gasteiger charge is -1.97. The Morgan fingerprint density at radius 1 is 0.947 bits per heavy atom. The van der Waals surface area contributed by atoms with Gasteiger partial charge in [0.05, 0.1) is 0 Å². The predicted molar refractivity (Wildman–Crippen MR) is 82.1 cm³/mol. The van der Waals surface area contributed by atoms with Gasteiger partial charge in [-0.25, -0.2) is 0 Å². The van der Waals surface area contributed by atoms with Crippen molar-refractivity contribution in [3.8, 4) is 11.3 Å². The van der Waals surface area contributed by atoms with E-state index in [9.17, 15) is 0 Å². The van der Waals surface area contributed by atoms with Crippen molar-refractivity contribution in [3.05, 3.63) is 54.1 Å². The summed E-state index contributed by atoms with van der Waals surface area (Å²) in [4.78, 5) is 0. The van der Waals surface area contributed by atoms with E-state index in [0.717, 1.165) is 33.5 Å². The molecular formula is C17H19NO. The van der Waals surface area contributed by atoms with E-state index in [-0.39, 0.29) is 0 Å². The Bertz CT molecular complexity index is 668. The molecule has 3 rings (SSSR count). The Balaban J connectivity index is 0.000000637. The highest BCUT2D eigenvalue weighted by molar-refractivity contribution is 5.87. The van der Waals surface area contributed by atoms with E-state index >= 15 is 0 Å². The molecule has 1 aromatic heterocycles. The van der Waals surface area contributed by atoms with Gasteiger partial charge in [-0.15, -0.1) is 0 Å². The Labute approximate surface area is 113 Å². The summed E-state index contributed by atoms with van der Waals surface area (Å²) < 4.78 is 5.88. The number of benzene rings is 2. The maximum atomic E-state index is 5.88. The van der Waals surface area contributed by atoms with Gasteiger partial charge < -0.3 is 10.2 Å². The molecule has 3 aromatic rings. The molecule has 0 unspecified atom stereocenters. The fourth-order valence-corrected chi connectivity index (χ4v) is 2.10. The largest absolute Gasteiger partial charge is 0.456 e. The number of hydrogen-bond donors (Lipinski definition) is 1. The van der Waals surface area contributed by atoms with Crippen molar-refractivity contribution < 1.29 is 4.42 Å². The quantitative estimate of drug-likeness (QED) is 0.619. The van der Waals surface area contributed by atoms with Crippen molar-refractivity contribution in [3.63, 3.8) is 0 Å². The van der Waals surface area contributed by atoms with E-state index in [1.54, 1.807) is 0 Å². The molecule has 19 heavy (non-hydrogen) atoms. The number of nitrogens with two attached hydrogens (primary N) is 1. The highest BCUT2D eigenvalue weighted by atomic mass is 16.3. The summed E-state index contributed by atoms with van der Waals surface area (Å²) in [7, 11) is 0. The fraction of sp³-hybridized carbons (Fsp3) is 0.176. The number of anilines is 1. The van der Waals surface area contributed by atoms with Gasteiger partial charge in [0.1, 0.15) is 11.3 Å². The third-order valence-electron chi connectivity index (χ3n) is 2.88. The van der Waals surface area contributed by atoms with Crippen LogP contribution in [0.2, 0.25) is 0 Å². The van der Waals surface area contributed by atoms with Gasteiger partial charge in [-0.1, -0.05) is 44.2 Å². The maximum absolute atomic E-state index is 5.88. The van der Waals surface area contributed by atoms with Crippen LogP contribution in [-0.4, -0.2) is 0 Å².